The maximum atomic E-state index is 3.76. The van der Waals surface area contributed by atoms with E-state index in [1.807, 2.05) is 6.08 Å². The minimum absolute atomic E-state index is 1.13. The summed E-state index contributed by atoms with van der Waals surface area (Å²) in [5.74, 6) is 0. The Bertz CT molecular complexity index is 417. The molecule has 0 aromatic rings. The van der Waals surface area contributed by atoms with Crippen molar-refractivity contribution < 1.29 is 0 Å². The lowest BCUT2D eigenvalue weighted by Gasteiger charge is -1.96. The van der Waals surface area contributed by atoms with E-state index in [1.54, 1.807) is 0 Å². The highest BCUT2D eigenvalue weighted by Gasteiger charge is 1.87. The molecule has 0 aliphatic rings. The van der Waals surface area contributed by atoms with Crippen LogP contribution in [0.15, 0.2) is 73.4 Å². The zero-order chi connectivity index (χ0) is 19.0. The van der Waals surface area contributed by atoms with E-state index in [2.05, 4.69) is 74.3 Å². The third-order valence-electron chi connectivity index (χ3n) is 4.25. The van der Waals surface area contributed by atoms with Gasteiger partial charge in [0.2, 0.25) is 0 Å². The van der Waals surface area contributed by atoms with Crippen LogP contribution < -0.4 is 0 Å². The SMILES string of the molecule is C=CCCCCCCC=CC=CC=CCCCCCCC=CC=CCC. The Kier molecular flexibility index (Phi) is 22.0. The Morgan fingerprint density at radius 2 is 0.846 bits per heavy atom. The van der Waals surface area contributed by atoms with Crippen molar-refractivity contribution >= 4 is 0 Å². The van der Waals surface area contributed by atoms with Crippen LogP contribution >= 0.6 is 0 Å². The topological polar surface area (TPSA) is 0 Å². The second-order valence-electron chi connectivity index (χ2n) is 6.78. The monoisotopic (exact) mass is 354 g/mol. The van der Waals surface area contributed by atoms with Crippen molar-refractivity contribution in [1.82, 2.24) is 0 Å². The van der Waals surface area contributed by atoms with Gasteiger partial charge in [0.1, 0.15) is 0 Å². The molecule has 0 saturated heterocycles. The smallest absolute Gasteiger partial charge is 0.0348 e. The van der Waals surface area contributed by atoms with Gasteiger partial charge < -0.3 is 0 Å². The second-order valence-corrected chi connectivity index (χ2v) is 6.78. The van der Waals surface area contributed by atoms with Crippen LogP contribution in [-0.4, -0.2) is 0 Å². The molecule has 0 aromatic heterocycles. The lowest BCUT2D eigenvalue weighted by Crippen LogP contribution is -1.76. The molecule has 0 saturated carbocycles. The minimum Gasteiger partial charge on any atom is -0.103 e. The van der Waals surface area contributed by atoms with Crippen molar-refractivity contribution in [3.8, 4) is 0 Å². The van der Waals surface area contributed by atoms with Gasteiger partial charge in [-0.05, 0) is 57.8 Å². The third-order valence-corrected chi connectivity index (χ3v) is 4.25. The average Bonchev–Trinajstić information content (AvgIpc) is 2.66. The highest BCUT2D eigenvalue weighted by atomic mass is 13.9. The van der Waals surface area contributed by atoms with E-state index in [0.717, 1.165) is 6.42 Å². The fraction of sp³-hybridized carbons (Fsp3) is 0.538. The molecule has 0 radical (unpaired) electrons. The molecule has 0 spiro atoms. The molecule has 0 aliphatic heterocycles. The van der Waals surface area contributed by atoms with Gasteiger partial charge in [0.05, 0.1) is 0 Å². The van der Waals surface area contributed by atoms with Crippen LogP contribution in [0, 0.1) is 0 Å². The Morgan fingerprint density at radius 3 is 1.27 bits per heavy atom. The van der Waals surface area contributed by atoms with Crippen molar-refractivity contribution in [3.63, 3.8) is 0 Å². The van der Waals surface area contributed by atoms with E-state index in [-0.39, 0.29) is 0 Å². The predicted molar refractivity (Wildman–Crippen MR) is 122 cm³/mol. The summed E-state index contributed by atoms with van der Waals surface area (Å²) in [5, 5.41) is 0. The molecular formula is C26H42. The molecular weight excluding hydrogens is 312 g/mol. The van der Waals surface area contributed by atoms with Crippen molar-refractivity contribution in [2.75, 3.05) is 0 Å². The normalized spacial score (nSPS) is 12.7. The number of allylic oxidation sites excluding steroid dienone is 11. The zero-order valence-corrected chi connectivity index (χ0v) is 17.3. The molecule has 26 heavy (non-hydrogen) atoms. The summed E-state index contributed by atoms with van der Waals surface area (Å²) in [6.45, 7) is 5.92. The number of unbranched alkanes of at least 4 members (excludes halogenated alkanes) is 10. The summed E-state index contributed by atoms with van der Waals surface area (Å²) in [6, 6.07) is 0. The molecule has 0 bridgehead atoms. The minimum atomic E-state index is 1.13. The maximum absolute atomic E-state index is 3.76. The van der Waals surface area contributed by atoms with E-state index in [4.69, 9.17) is 0 Å². The predicted octanol–water partition coefficient (Wildman–Crippen LogP) is 9.04. The standard InChI is InChI=1S/C26H42/c1-3-5-7-9-11-13-15-17-19-21-23-25-26-24-22-20-18-16-14-12-10-8-6-4-2/h3,6,8,10,12,17,19,21,23,25-26H,1,4-5,7,9,11,13-16,18,20,22,24H2,2H3. The summed E-state index contributed by atoms with van der Waals surface area (Å²) in [4.78, 5) is 0. The van der Waals surface area contributed by atoms with Crippen molar-refractivity contribution in [3.05, 3.63) is 73.4 Å². The van der Waals surface area contributed by atoms with Crippen molar-refractivity contribution in [1.29, 1.82) is 0 Å². The van der Waals surface area contributed by atoms with Gasteiger partial charge in [0, 0.05) is 0 Å². The zero-order valence-electron chi connectivity index (χ0n) is 17.3. The van der Waals surface area contributed by atoms with Gasteiger partial charge in [0.25, 0.3) is 0 Å². The largest absolute Gasteiger partial charge is 0.103 e. The Morgan fingerprint density at radius 1 is 0.462 bits per heavy atom. The highest BCUT2D eigenvalue weighted by Crippen LogP contribution is 2.07. The molecule has 0 heteroatoms. The second kappa shape index (κ2) is 23.4. The van der Waals surface area contributed by atoms with Gasteiger partial charge in [-0.15, -0.1) is 6.58 Å². The third kappa shape index (κ3) is 22.4. The van der Waals surface area contributed by atoms with Gasteiger partial charge in [-0.25, -0.2) is 0 Å². The number of hydrogen-bond donors (Lipinski definition) is 0. The summed E-state index contributed by atoms with van der Waals surface area (Å²) in [7, 11) is 0. The first-order valence-corrected chi connectivity index (χ1v) is 10.8. The first-order chi connectivity index (χ1) is 12.9. The van der Waals surface area contributed by atoms with E-state index >= 15 is 0 Å². The molecule has 0 nitrogen and oxygen atoms in total. The highest BCUT2D eigenvalue weighted by molar-refractivity contribution is 5.10. The van der Waals surface area contributed by atoms with E-state index < -0.39 is 0 Å². The van der Waals surface area contributed by atoms with Crippen LogP contribution in [0.3, 0.4) is 0 Å². The molecule has 146 valence electrons. The van der Waals surface area contributed by atoms with Crippen molar-refractivity contribution in [2.45, 2.75) is 90.4 Å². The summed E-state index contributed by atoms with van der Waals surface area (Å²) >= 11 is 0. The van der Waals surface area contributed by atoms with Crippen LogP contribution in [0.2, 0.25) is 0 Å². The van der Waals surface area contributed by atoms with Gasteiger partial charge in [-0.1, -0.05) is 99.4 Å². The maximum Gasteiger partial charge on any atom is -0.0348 e. The van der Waals surface area contributed by atoms with Gasteiger partial charge >= 0.3 is 0 Å². The van der Waals surface area contributed by atoms with Crippen molar-refractivity contribution in [2.24, 2.45) is 0 Å². The fourth-order valence-corrected chi connectivity index (χ4v) is 2.65. The Balaban J connectivity index is 3.35. The molecule has 0 amide bonds. The molecule has 0 atom stereocenters. The van der Waals surface area contributed by atoms with Crippen LogP contribution in [0.5, 0.6) is 0 Å². The fourth-order valence-electron chi connectivity index (χ4n) is 2.65. The molecule has 0 unspecified atom stereocenters. The summed E-state index contributed by atoms with van der Waals surface area (Å²) in [5.41, 5.74) is 0. The Hall–Kier alpha value is -1.56. The Labute approximate surface area is 164 Å². The van der Waals surface area contributed by atoms with Crippen LogP contribution in [0.25, 0.3) is 0 Å². The van der Waals surface area contributed by atoms with E-state index in [1.165, 1.54) is 77.0 Å². The van der Waals surface area contributed by atoms with Crippen LogP contribution in [0.1, 0.15) is 90.4 Å². The van der Waals surface area contributed by atoms with Crippen LogP contribution in [-0.2, 0) is 0 Å². The van der Waals surface area contributed by atoms with Gasteiger partial charge in [0.15, 0.2) is 0 Å². The quantitative estimate of drug-likeness (QED) is 0.131. The number of rotatable bonds is 18. The van der Waals surface area contributed by atoms with Gasteiger partial charge in [-0.3, -0.25) is 0 Å². The molecule has 0 aliphatic carbocycles. The lowest BCUT2D eigenvalue weighted by molar-refractivity contribution is 0.652. The summed E-state index contributed by atoms with van der Waals surface area (Å²) in [6.07, 6.45) is 40.6. The first-order valence-electron chi connectivity index (χ1n) is 10.8. The molecule has 0 heterocycles. The van der Waals surface area contributed by atoms with E-state index in [0.29, 0.717) is 0 Å². The molecule has 0 rings (SSSR count). The van der Waals surface area contributed by atoms with Crippen LogP contribution in [0.4, 0.5) is 0 Å². The first kappa shape index (κ1) is 24.4. The average molecular weight is 355 g/mol. The summed E-state index contributed by atoms with van der Waals surface area (Å²) < 4.78 is 0. The molecule has 0 fully saturated rings. The molecule has 0 aromatic carbocycles. The number of hydrogen-bond acceptors (Lipinski definition) is 0. The van der Waals surface area contributed by atoms with Gasteiger partial charge in [-0.2, -0.15) is 0 Å². The lowest BCUT2D eigenvalue weighted by atomic mass is 10.1. The van der Waals surface area contributed by atoms with E-state index in [9.17, 15) is 0 Å². The molecule has 0 N–H and O–H groups in total.